The highest BCUT2D eigenvalue weighted by molar-refractivity contribution is 6.41. The molecule has 0 radical (unpaired) electrons. The summed E-state index contributed by atoms with van der Waals surface area (Å²) in [4.78, 5) is 17.4. The first kappa shape index (κ1) is 12.8. The van der Waals surface area contributed by atoms with Crippen LogP contribution < -0.4 is 0 Å². The van der Waals surface area contributed by atoms with Crippen LogP contribution in [0.3, 0.4) is 0 Å². The van der Waals surface area contributed by atoms with E-state index in [1.165, 1.54) is 5.56 Å². The number of aliphatic imine (C=N–C) groups is 1. The predicted molar refractivity (Wildman–Crippen MR) is 92.0 cm³/mol. The molecule has 2 nitrogen and oxygen atoms in total. The lowest BCUT2D eigenvalue weighted by Gasteiger charge is -2.23. The number of rotatable bonds is 1. The van der Waals surface area contributed by atoms with Gasteiger partial charge >= 0.3 is 0 Å². The standard InChI is InChI=1S/C21H15NO/c23-20-11-14(13-6-2-1-3-7-13)10-17-16(20)12-18-15-8-4-5-9-19(15)22-21(17)18/h1-9,12,14H,10-11H2/t14-/m1/s1. The van der Waals surface area contributed by atoms with Gasteiger partial charge in [-0.1, -0.05) is 48.5 Å². The van der Waals surface area contributed by atoms with E-state index >= 15 is 0 Å². The van der Waals surface area contributed by atoms with Gasteiger partial charge < -0.3 is 0 Å². The molecule has 0 N–H and O–H groups in total. The van der Waals surface area contributed by atoms with E-state index in [4.69, 9.17) is 4.99 Å². The van der Waals surface area contributed by atoms with Crippen molar-refractivity contribution in [3.8, 4) is 0 Å². The number of Topliss-reactive ketones (excluding diaryl/α,β-unsaturated/α-hetero) is 1. The summed E-state index contributed by atoms with van der Waals surface area (Å²) in [6, 6.07) is 18.5. The second-order valence-corrected chi connectivity index (χ2v) is 6.37. The summed E-state index contributed by atoms with van der Waals surface area (Å²) >= 11 is 0. The first-order valence-corrected chi connectivity index (χ1v) is 8.03. The Bertz CT molecular complexity index is 931. The molecule has 1 atom stereocenters. The van der Waals surface area contributed by atoms with E-state index in [2.05, 4.69) is 24.3 Å². The maximum atomic E-state index is 12.6. The zero-order valence-electron chi connectivity index (χ0n) is 12.6. The number of nitrogens with zero attached hydrogens (tertiary/aromatic N) is 1. The molecule has 0 saturated heterocycles. The summed E-state index contributed by atoms with van der Waals surface area (Å²) in [5.41, 5.74) is 7.61. The Morgan fingerprint density at radius 3 is 2.57 bits per heavy atom. The molecule has 23 heavy (non-hydrogen) atoms. The second-order valence-electron chi connectivity index (χ2n) is 6.37. The Balaban J connectivity index is 1.57. The predicted octanol–water partition coefficient (Wildman–Crippen LogP) is 4.61. The molecular formula is C21H15NO. The third-order valence-corrected chi connectivity index (χ3v) is 5.03. The van der Waals surface area contributed by atoms with Crippen molar-refractivity contribution in [3.63, 3.8) is 0 Å². The van der Waals surface area contributed by atoms with Crippen LogP contribution in [0.2, 0.25) is 0 Å². The summed E-state index contributed by atoms with van der Waals surface area (Å²) in [7, 11) is 0. The van der Waals surface area contributed by atoms with Gasteiger partial charge in [0.2, 0.25) is 0 Å². The topological polar surface area (TPSA) is 29.4 Å². The van der Waals surface area contributed by atoms with Crippen molar-refractivity contribution in [3.05, 3.63) is 82.9 Å². The molecule has 0 saturated carbocycles. The van der Waals surface area contributed by atoms with Crippen molar-refractivity contribution in [2.24, 2.45) is 4.99 Å². The maximum Gasteiger partial charge on any atom is 0.163 e. The largest absolute Gasteiger partial charge is 0.294 e. The Labute approximate surface area is 134 Å². The quantitative estimate of drug-likeness (QED) is 0.755. The first-order valence-electron chi connectivity index (χ1n) is 8.03. The summed E-state index contributed by atoms with van der Waals surface area (Å²) in [6.45, 7) is 0. The lowest BCUT2D eigenvalue weighted by Crippen LogP contribution is -2.18. The Morgan fingerprint density at radius 2 is 1.70 bits per heavy atom. The van der Waals surface area contributed by atoms with E-state index in [0.29, 0.717) is 6.42 Å². The molecule has 0 spiro atoms. The average Bonchev–Trinajstić information content (AvgIpc) is 3.13. The number of carbonyl (C=O) groups is 1. The van der Waals surface area contributed by atoms with Gasteiger partial charge in [-0.05, 0) is 35.6 Å². The van der Waals surface area contributed by atoms with Gasteiger partial charge in [0.15, 0.2) is 5.78 Å². The van der Waals surface area contributed by atoms with E-state index in [1.54, 1.807) is 0 Å². The molecule has 0 unspecified atom stereocenters. The van der Waals surface area contributed by atoms with Gasteiger partial charge in [0.05, 0.1) is 11.4 Å². The maximum absolute atomic E-state index is 12.6. The minimum atomic E-state index is 0.252. The van der Waals surface area contributed by atoms with E-state index in [9.17, 15) is 4.79 Å². The molecule has 110 valence electrons. The fraction of sp³-hybridized carbons (Fsp3) is 0.143. The monoisotopic (exact) mass is 297 g/mol. The van der Waals surface area contributed by atoms with Gasteiger partial charge in [0.1, 0.15) is 0 Å². The summed E-state index contributed by atoms with van der Waals surface area (Å²) < 4.78 is 0. The summed E-state index contributed by atoms with van der Waals surface area (Å²) in [5.74, 6) is 0.517. The smallest absolute Gasteiger partial charge is 0.163 e. The Morgan fingerprint density at radius 1 is 0.913 bits per heavy atom. The average molecular weight is 297 g/mol. The highest BCUT2D eigenvalue weighted by Gasteiger charge is 2.37. The first-order chi connectivity index (χ1) is 11.3. The van der Waals surface area contributed by atoms with Gasteiger partial charge in [0, 0.05) is 23.1 Å². The van der Waals surface area contributed by atoms with Gasteiger partial charge in [-0.25, -0.2) is 4.99 Å². The van der Waals surface area contributed by atoms with Crippen LogP contribution in [-0.4, -0.2) is 11.5 Å². The molecule has 0 aromatic heterocycles. The number of fused-ring (bicyclic) bond motifs is 4. The molecule has 0 bridgehead atoms. The number of hydrogen-bond donors (Lipinski definition) is 0. The van der Waals surface area contributed by atoms with Gasteiger partial charge in [-0.15, -0.1) is 0 Å². The van der Waals surface area contributed by atoms with Crippen molar-refractivity contribution in [2.75, 3.05) is 0 Å². The van der Waals surface area contributed by atoms with Crippen LogP contribution in [0.1, 0.15) is 29.9 Å². The van der Waals surface area contributed by atoms with Crippen LogP contribution in [0.5, 0.6) is 0 Å². The van der Waals surface area contributed by atoms with Crippen molar-refractivity contribution in [1.29, 1.82) is 0 Å². The Kier molecular flexibility index (Phi) is 2.57. The van der Waals surface area contributed by atoms with E-state index in [1.807, 2.05) is 36.4 Å². The Hall–Kier alpha value is -2.74. The molecule has 2 heteroatoms. The van der Waals surface area contributed by atoms with Crippen LogP contribution >= 0.6 is 0 Å². The number of hydrogen-bond acceptors (Lipinski definition) is 2. The van der Waals surface area contributed by atoms with Crippen LogP contribution in [0.25, 0.3) is 5.57 Å². The minimum Gasteiger partial charge on any atom is -0.294 e. The SMILES string of the molecule is O=C1C[C@H](c2ccccc2)CC2=C1C=C1C2=Nc2ccccc21. The van der Waals surface area contributed by atoms with Crippen molar-refractivity contribution < 1.29 is 4.79 Å². The van der Waals surface area contributed by atoms with Crippen molar-refractivity contribution in [2.45, 2.75) is 18.8 Å². The molecule has 2 aromatic rings. The number of benzene rings is 2. The van der Waals surface area contributed by atoms with E-state index in [-0.39, 0.29) is 11.7 Å². The minimum absolute atomic E-state index is 0.252. The van der Waals surface area contributed by atoms with Crippen LogP contribution in [0.15, 0.2) is 76.8 Å². The molecule has 2 aromatic carbocycles. The zero-order valence-corrected chi connectivity index (χ0v) is 12.6. The number of allylic oxidation sites excluding steroid dienone is 4. The van der Waals surface area contributed by atoms with Gasteiger partial charge in [-0.2, -0.15) is 0 Å². The third-order valence-electron chi connectivity index (χ3n) is 5.03. The normalized spacial score (nSPS) is 21.6. The van der Waals surface area contributed by atoms with Gasteiger partial charge in [-0.3, -0.25) is 4.79 Å². The number of carbonyl (C=O) groups excluding carboxylic acids is 1. The second kappa shape index (κ2) is 4.63. The highest BCUT2D eigenvalue weighted by atomic mass is 16.1. The van der Waals surface area contributed by atoms with Crippen LogP contribution in [0.4, 0.5) is 5.69 Å². The number of para-hydroxylation sites is 1. The highest BCUT2D eigenvalue weighted by Crippen LogP contribution is 2.47. The summed E-state index contributed by atoms with van der Waals surface area (Å²) in [6.07, 6.45) is 3.56. The molecule has 0 fully saturated rings. The molecule has 2 aliphatic carbocycles. The molecule has 5 rings (SSSR count). The zero-order chi connectivity index (χ0) is 15.4. The van der Waals surface area contributed by atoms with Crippen molar-refractivity contribution in [1.82, 2.24) is 0 Å². The fourth-order valence-electron chi connectivity index (χ4n) is 3.91. The molecular weight excluding hydrogens is 282 g/mol. The van der Waals surface area contributed by atoms with E-state index in [0.717, 1.165) is 40.1 Å². The lowest BCUT2D eigenvalue weighted by atomic mass is 9.80. The lowest BCUT2D eigenvalue weighted by molar-refractivity contribution is -0.116. The number of ketones is 1. The van der Waals surface area contributed by atoms with Crippen LogP contribution in [0, 0.1) is 0 Å². The fourth-order valence-corrected chi connectivity index (χ4v) is 3.91. The third kappa shape index (κ3) is 1.81. The van der Waals surface area contributed by atoms with Crippen LogP contribution in [-0.2, 0) is 4.79 Å². The summed E-state index contributed by atoms with van der Waals surface area (Å²) in [5, 5.41) is 0. The van der Waals surface area contributed by atoms with Gasteiger partial charge in [0.25, 0.3) is 0 Å². The van der Waals surface area contributed by atoms with E-state index < -0.39 is 0 Å². The molecule has 3 aliphatic rings. The molecule has 1 aliphatic heterocycles. The molecule has 1 heterocycles. The van der Waals surface area contributed by atoms with Crippen molar-refractivity contribution >= 4 is 22.8 Å². The molecule has 0 amide bonds.